The van der Waals surface area contributed by atoms with Crippen LogP contribution in [0.25, 0.3) is 0 Å². The summed E-state index contributed by atoms with van der Waals surface area (Å²) in [6.07, 6.45) is 7.77. The van der Waals surface area contributed by atoms with E-state index >= 15 is 0 Å². The normalized spacial score (nSPS) is 23.0. The van der Waals surface area contributed by atoms with Crippen molar-refractivity contribution in [3.8, 4) is 0 Å². The smallest absolute Gasteiger partial charge is 0.327 e. The highest BCUT2D eigenvalue weighted by Crippen LogP contribution is 2.38. The van der Waals surface area contributed by atoms with E-state index in [0.717, 1.165) is 32.1 Å². The number of nitrogens with zero attached hydrogens (tertiary/aromatic N) is 2. The summed E-state index contributed by atoms with van der Waals surface area (Å²) < 4.78 is 6.29. The zero-order chi connectivity index (χ0) is 20.8. The average Bonchev–Trinajstić information content (AvgIpc) is 2.52. The maximum atomic E-state index is 10.6. The number of carbonyl (C=O) groups is 1. The van der Waals surface area contributed by atoms with Crippen LogP contribution in [0.15, 0.2) is 12.2 Å². The minimum absolute atomic E-state index is 0.137. The van der Waals surface area contributed by atoms with Crippen molar-refractivity contribution >= 4 is 5.97 Å². The third-order valence-electron chi connectivity index (χ3n) is 5.62. The van der Waals surface area contributed by atoms with Crippen LogP contribution in [0.4, 0.5) is 0 Å². The number of allylic oxidation sites excluding steroid dienone is 1. The lowest BCUT2D eigenvalue weighted by atomic mass is 9.80. The van der Waals surface area contributed by atoms with Gasteiger partial charge < -0.3 is 20.0 Å². The van der Waals surface area contributed by atoms with Gasteiger partial charge in [0.25, 0.3) is 0 Å². The molecule has 2 atom stereocenters. The van der Waals surface area contributed by atoms with Crippen molar-refractivity contribution in [3.63, 3.8) is 0 Å². The van der Waals surface area contributed by atoms with E-state index in [9.17, 15) is 10.0 Å². The summed E-state index contributed by atoms with van der Waals surface area (Å²) in [4.78, 5) is 12.8. The Morgan fingerprint density at radius 1 is 1.22 bits per heavy atom. The number of hydroxylamine groups is 2. The second-order valence-corrected chi connectivity index (χ2v) is 9.52. The quantitative estimate of drug-likeness (QED) is 0.558. The molecule has 158 valence electrons. The molecular formula is C21H40N2O4. The fourth-order valence-corrected chi connectivity index (χ4v) is 4.05. The second kappa shape index (κ2) is 10.0. The predicted molar refractivity (Wildman–Crippen MR) is 108 cm³/mol. The molecule has 2 N–H and O–H groups in total. The minimum Gasteiger partial charge on any atom is -0.478 e. The fourth-order valence-electron chi connectivity index (χ4n) is 4.05. The number of hydrogen-bond donors (Lipinski definition) is 2. The van der Waals surface area contributed by atoms with Gasteiger partial charge in [-0.2, -0.15) is 5.06 Å². The first-order valence-corrected chi connectivity index (χ1v) is 10.0. The van der Waals surface area contributed by atoms with Gasteiger partial charge >= 0.3 is 5.97 Å². The Kier molecular flexibility index (Phi) is 8.93. The first-order valence-electron chi connectivity index (χ1n) is 10.0. The van der Waals surface area contributed by atoms with Crippen LogP contribution < -0.4 is 0 Å². The molecule has 0 saturated carbocycles. The molecular weight excluding hydrogens is 344 g/mol. The van der Waals surface area contributed by atoms with Gasteiger partial charge in [-0.15, -0.1) is 0 Å². The molecule has 0 bridgehead atoms. The van der Waals surface area contributed by atoms with Crippen molar-refractivity contribution in [3.05, 3.63) is 12.2 Å². The second-order valence-electron chi connectivity index (χ2n) is 9.52. The standard InChI is InChI=1S/C21H40N2O4/c1-16(11-12-19(24)25)9-8-10-17(22(6)7)15-27-18-13-20(2,3)23(26)21(4,5)14-18/h11-12,16-18,26H,8-10,13-15H2,1-7H3,(H,24,25). The molecule has 0 aromatic rings. The van der Waals surface area contributed by atoms with Crippen molar-refractivity contribution in [2.75, 3.05) is 20.7 Å². The first kappa shape index (κ1) is 24.1. The molecule has 1 aliphatic rings. The zero-order valence-electron chi connectivity index (χ0n) is 18.2. The van der Waals surface area contributed by atoms with E-state index in [-0.39, 0.29) is 23.1 Å². The third-order valence-corrected chi connectivity index (χ3v) is 5.62. The molecule has 27 heavy (non-hydrogen) atoms. The van der Waals surface area contributed by atoms with Crippen molar-refractivity contribution in [1.29, 1.82) is 0 Å². The van der Waals surface area contributed by atoms with Crippen molar-refractivity contribution in [2.24, 2.45) is 5.92 Å². The van der Waals surface area contributed by atoms with Crippen LogP contribution in [-0.2, 0) is 9.53 Å². The van der Waals surface area contributed by atoms with E-state index in [1.807, 2.05) is 6.92 Å². The summed E-state index contributed by atoms with van der Waals surface area (Å²) in [5, 5.41) is 20.6. The molecule has 1 saturated heterocycles. The van der Waals surface area contributed by atoms with Crippen LogP contribution in [0.1, 0.15) is 66.7 Å². The maximum Gasteiger partial charge on any atom is 0.327 e. The number of ether oxygens (including phenoxy) is 1. The van der Waals surface area contributed by atoms with E-state index in [4.69, 9.17) is 9.84 Å². The number of hydrogen-bond acceptors (Lipinski definition) is 5. The molecule has 0 aromatic carbocycles. The lowest BCUT2D eigenvalue weighted by molar-refractivity contribution is -0.261. The zero-order valence-corrected chi connectivity index (χ0v) is 18.2. The van der Waals surface area contributed by atoms with E-state index < -0.39 is 5.97 Å². The van der Waals surface area contributed by atoms with Crippen LogP contribution in [-0.4, -0.2) is 70.2 Å². The average molecular weight is 385 g/mol. The van der Waals surface area contributed by atoms with Crippen molar-refractivity contribution in [1.82, 2.24) is 9.96 Å². The van der Waals surface area contributed by atoms with Crippen LogP contribution in [0.2, 0.25) is 0 Å². The highest BCUT2D eigenvalue weighted by Gasteiger charge is 2.45. The van der Waals surface area contributed by atoms with Crippen LogP contribution >= 0.6 is 0 Å². The summed E-state index contributed by atoms with van der Waals surface area (Å²) >= 11 is 0. The number of likely N-dealkylation sites (N-methyl/N-ethyl adjacent to an activating group) is 1. The monoisotopic (exact) mass is 384 g/mol. The highest BCUT2D eigenvalue weighted by atomic mass is 16.5. The largest absolute Gasteiger partial charge is 0.478 e. The fraction of sp³-hybridized carbons (Fsp3) is 0.857. The lowest BCUT2D eigenvalue weighted by Crippen LogP contribution is -2.60. The summed E-state index contributed by atoms with van der Waals surface area (Å²) in [7, 11) is 4.15. The number of carboxylic acid groups (broad SMARTS) is 1. The van der Waals surface area contributed by atoms with Gasteiger partial charge in [-0.3, -0.25) is 0 Å². The molecule has 0 amide bonds. The van der Waals surface area contributed by atoms with Gasteiger partial charge in [0.2, 0.25) is 0 Å². The van der Waals surface area contributed by atoms with E-state index in [0.29, 0.717) is 12.6 Å². The van der Waals surface area contributed by atoms with E-state index in [1.165, 1.54) is 11.1 Å². The number of piperidine rings is 1. The van der Waals surface area contributed by atoms with Crippen molar-refractivity contribution < 1.29 is 19.8 Å². The molecule has 0 aromatic heterocycles. The van der Waals surface area contributed by atoms with Gasteiger partial charge in [0.05, 0.1) is 12.7 Å². The Balaban J connectivity index is 2.50. The molecule has 0 spiro atoms. The highest BCUT2D eigenvalue weighted by molar-refractivity contribution is 5.79. The third kappa shape index (κ3) is 7.90. The molecule has 0 aliphatic carbocycles. The summed E-state index contributed by atoms with van der Waals surface area (Å²) in [5.74, 6) is -0.624. The lowest BCUT2D eigenvalue weighted by Gasteiger charge is -2.51. The van der Waals surface area contributed by atoms with Crippen LogP contribution in [0.3, 0.4) is 0 Å². The minimum atomic E-state index is -0.888. The Labute approximate surface area is 165 Å². The Morgan fingerprint density at radius 2 is 1.78 bits per heavy atom. The first-order chi connectivity index (χ1) is 12.3. The molecule has 6 nitrogen and oxygen atoms in total. The topological polar surface area (TPSA) is 73.2 Å². The van der Waals surface area contributed by atoms with Gasteiger partial charge in [0.1, 0.15) is 0 Å². The van der Waals surface area contributed by atoms with Crippen LogP contribution in [0, 0.1) is 5.92 Å². The molecule has 1 heterocycles. The molecule has 0 radical (unpaired) electrons. The Hall–Kier alpha value is -0.950. The SMILES string of the molecule is CC(C=CC(=O)O)CCCC(COC1CC(C)(C)N(O)C(C)(C)C1)N(C)C. The van der Waals surface area contributed by atoms with E-state index in [1.54, 1.807) is 6.08 Å². The Morgan fingerprint density at radius 3 is 2.26 bits per heavy atom. The predicted octanol–water partition coefficient (Wildman–Crippen LogP) is 3.79. The number of aliphatic carboxylic acids is 1. The number of carboxylic acids is 1. The van der Waals surface area contributed by atoms with Gasteiger partial charge in [-0.1, -0.05) is 19.4 Å². The van der Waals surface area contributed by atoms with Gasteiger partial charge in [-0.25, -0.2) is 4.79 Å². The molecule has 2 unspecified atom stereocenters. The van der Waals surface area contributed by atoms with Gasteiger partial charge in [-0.05, 0) is 73.4 Å². The van der Waals surface area contributed by atoms with Crippen LogP contribution in [0.5, 0.6) is 0 Å². The van der Waals surface area contributed by atoms with Crippen molar-refractivity contribution in [2.45, 2.75) is 89.9 Å². The molecule has 1 fully saturated rings. The van der Waals surface area contributed by atoms with Gasteiger partial charge in [0, 0.05) is 23.2 Å². The summed E-state index contributed by atoms with van der Waals surface area (Å²) in [6.45, 7) is 10.9. The van der Waals surface area contributed by atoms with Gasteiger partial charge in [0.15, 0.2) is 0 Å². The summed E-state index contributed by atoms with van der Waals surface area (Å²) in [5.41, 5.74) is -0.599. The molecule has 1 rings (SSSR count). The Bertz CT molecular complexity index is 484. The molecule has 6 heteroatoms. The maximum absolute atomic E-state index is 10.6. The molecule has 1 aliphatic heterocycles. The summed E-state index contributed by atoms with van der Waals surface area (Å²) in [6, 6.07) is 0.332. The number of rotatable bonds is 10. The van der Waals surface area contributed by atoms with E-state index in [2.05, 4.69) is 46.7 Å².